The van der Waals surface area contributed by atoms with Gasteiger partial charge in [-0.15, -0.1) is 0 Å². The number of nitrogens with zero attached hydrogens (tertiary/aromatic N) is 1. The molecule has 1 aliphatic heterocycles. The van der Waals surface area contributed by atoms with E-state index in [1.54, 1.807) is 0 Å². The molecule has 0 aliphatic carbocycles. The molecule has 0 atom stereocenters. The molecule has 2 N–H and O–H groups in total. The van der Waals surface area contributed by atoms with E-state index in [-0.39, 0.29) is 12.6 Å². The number of alkyl halides is 3. The predicted octanol–water partition coefficient (Wildman–Crippen LogP) is 2.66. The van der Waals surface area contributed by atoms with Gasteiger partial charge in [0.1, 0.15) is 0 Å². The van der Waals surface area contributed by atoms with Crippen LogP contribution >= 0.6 is 0 Å². The molecule has 1 aromatic rings. The summed E-state index contributed by atoms with van der Waals surface area (Å²) in [7, 11) is 0. The predicted molar refractivity (Wildman–Crippen MR) is 76.4 cm³/mol. The summed E-state index contributed by atoms with van der Waals surface area (Å²) in [6.07, 6.45) is -2.04. The maximum Gasteiger partial charge on any atom is 0.401 e. The molecule has 6 heteroatoms. The van der Waals surface area contributed by atoms with Gasteiger partial charge in [0.2, 0.25) is 0 Å². The van der Waals surface area contributed by atoms with Crippen molar-refractivity contribution in [3.8, 4) is 0 Å². The zero-order valence-electron chi connectivity index (χ0n) is 11.9. The van der Waals surface area contributed by atoms with Crippen LogP contribution in [0.25, 0.3) is 0 Å². The summed E-state index contributed by atoms with van der Waals surface area (Å²) < 4.78 is 36.9. The van der Waals surface area contributed by atoms with Gasteiger partial charge >= 0.3 is 6.18 Å². The van der Waals surface area contributed by atoms with Crippen molar-refractivity contribution >= 4 is 5.69 Å². The molecule has 1 aliphatic rings. The lowest BCUT2D eigenvalue weighted by Gasteiger charge is -2.33. The second-order valence-corrected chi connectivity index (χ2v) is 5.48. The van der Waals surface area contributed by atoms with Gasteiger partial charge in [-0.25, -0.2) is 0 Å². The van der Waals surface area contributed by atoms with Crippen molar-refractivity contribution in [3.63, 3.8) is 0 Å². The molecule has 0 spiro atoms. The van der Waals surface area contributed by atoms with Gasteiger partial charge in [0.15, 0.2) is 0 Å². The van der Waals surface area contributed by atoms with Crippen LogP contribution in [0.2, 0.25) is 0 Å². The van der Waals surface area contributed by atoms with Gasteiger partial charge in [0, 0.05) is 31.4 Å². The third-order valence-corrected chi connectivity index (χ3v) is 3.72. The largest absolute Gasteiger partial charge is 0.401 e. The second kappa shape index (κ2) is 7.13. The number of aliphatic hydroxyl groups excluding tert-OH is 1. The highest BCUT2D eigenvalue weighted by Crippen LogP contribution is 2.21. The van der Waals surface area contributed by atoms with E-state index in [0.29, 0.717) is 32.4 Å². The first kappa shape index (κ1) is 16.1. The number of aliphatic hydroxyl groups is 1. The number of hydrogen-bond donors (Lipinski definition) is 2. The molecule has 2 rings (SSSR count). The monoisotopic (exact) mass is 302 g/mol. The van der Waals surface area contributed by atoms with Crippen molar-refractivity contribution in [2.45, 2.75) is 31.5 Å². The number of anilines is 1. The number of piperidine rings is 1. The van der Waals surface area contributed by atoms with Gasteiger partial charge in [-0.2, -0.15) is 13.2 Å². The van der Waals surface area contributed by atoms with Gasteiger partial charge in [-0.1, -0.05) is 12.1 Å². The Hall–Kier alpha value is -1.27. The summed E-state index contributed by atoms with van der Waals surface area (Å²) >= 11 is 0. The number of benzene rings is 1. The van der Waals surface area contributed by atoms with Crippen LogP contribution < -0.4 is 5.32 Å². The molecular formula is C15H21F3N2O. The van der Waals surface area contributed by atoms with Crippen molar-refractivity contribution in [3.05, 3.63) is 29.8 Å². The molecule has 0 bridgehead atoms. The quantitative estimate of drug-likeness (QED) is 0.878. The Balaban J connectivity index is 1.78. The van der Waals surface area contributed by atoms with E-state index in [2.05, 4.69) is 5.32 Å². The van der Waals surface area contributed by atoms with E-state index in [9.17, 15) is 13.2 Å². The minimum absolute atomic E-state index is 0.129. The topological polar surface area (TPSA) is 35.5 Å². The Kier molecular flexibility index (Phi) is 5.47. The summed E-state index contributed by atoms with van der Waals surface area (Å²) in [6, 6.07) is 8.03. The van der Waals surface area contributed by atoms with Gasteiger partial charge in [-0.3, -0.25) is 4.90 Å². The van der Waals surface area contributed by atoms with Crippen LogP contribution in [-0.4, -0.2) is 48.5 Å². The summed E-state index contributed by atoms with van der Waals surface area (Å²) in [6.45, 7) is 0.263. The van der Waals surface area contributed by atoms with Crippen molar-refractivity contribution in [2.24, 2.45) is 0 Å². The van der Waals surface area contributed by atoms with E-state index in [1.807, 2.05) is 24.3 Å². The first-order chi connectivity index (χ1) is 9.96. The van der Waals surface area contributed by atoms with Crippen LogP contribution in [0.3, 0.4) is 0 Å². The van der Waals surface area contributed by atoms with Crippen molar-refractivity contribution in [2.75, 3.05) is 31.6 Å². The SMILES string of the molecule is OCCc1ccc(NC2CCN(CC(F)(F)F)CC2)cc1. The van der Waals surface area contributed by atoms with E-state index >= 15 is 0 Å². The minimum Gasteiger partial charge on any atom is -0.396 e. The fourth-order valence-corrected chi connectivity index (χ4v) is 2.62. The van der Waals surface area contributed by atoms with E-state index in [0.717, 1.165) is 11.3 Å². The number of hydrogen-bond acceptors (Lipinski definition) is 3. The molecule has 0 unspecified atom stereocenters. The second-order valence-electron chi connectivity index (χ2n) is 5.48. The summed E-state index contributed by atoms with van der Waals surface area (Å²) in [4.78, 5) is 1.46. The molecule has 0 aromatic heterocycles. The van der Waals surface area contributed by atoms with Gasteiger partial charge in [0.25, 0.3) is 0 Å². The lowest BCUT2D eigenvalue weighted by Crippen LogP contribution is -2.43. The van der Waals surface area contributed by atoms with E-state index in [4.69, 9.17) is 5.11 Å². The third kappa shape index (κ3) is 5.55. The van der Waals surface area contributed by atoms with Crippen LogP contribution in [0.15, 0.2) is 24.3 Å². The third-order valence-electron chi connectivity index (χ3n) is 3.72. The molecule has 1 fully saturated rings. The molecule has 0 amide bonds. The molecular weight excluding hydrogens is 281 g/mol. The molecule has 1 aromatic carbocycles. The molecule has 0 saturated carbocycles. The van der Waals surface area contributed by atoms with Crippen LogP contribution in [0.4, 0.5) is 18.9 Å². The lowest BCUT2D eigenvalue weighted by atomic mass is 10.0. The fourth-order valence-electron chi connectivity index (χ4n) is 2.62. The number of halogens is 3. The summed E-state index contributed by atoms with van der Waals surface area (Å²) in [5.74, 6) is 0. The zero-order valence-corrected chi connectivity index (χ0v) is 11.9. The van der Waals surface area contributed by atoms with Crippen molar-refractivity contribution < 1.29 is 18.3 Å². The van der Waals surface area contributed by atoms with Crippen molar-refractivity contribution in [1.29, 1.82) is 0 Å². The molecule has 1 heterocycles. The molecule has 21 heavy (non-hydrogen) atoms. The molecule has 118 valence electrons. The lowest BCUT2D eigenvalue weighted by molar-refractivity contribution is -0.147. The average molecular weight is 302 g/mol. The Bertz CT molecular complexity index is 426. The maximum absolute atomic E-state index is 12.3. The molecule has 0 radical (unpaired) electrons. The Morgan fingerprint density at radius 2 is 1.76 bits per heavy atom. The highest BCUT2D eigenvalue weighted by Gasteiger charge is 2.32. The highest BCUT2D eigenvalue weighted by atomic mass is 19.4. The Morgan fingerprint density at radius 3 is 2.29 bits per heavy atom. The standard InChI is InChI=1S/C15H21F3N2O/c16-15(17,18)11-20-8-5-14(6-9-20)19-13-3-1-12(2-4-13)7-10-21/h1-4,14,19,21H,5-11H2. The first-order valence-corrected chi connectivity index (χ1v) is 7.22. The minimum atomic E-state index is -4.11. The first-order valence-electron chi connectivity index (χ1n) is 7.22. The van der Waals surface area contributed by atoms with Crippen LogP contribution in [-0.2, 0) is 6.42 Å². The van der Waals surface area contributed by atoms with Gasteiger partial charge in [-0.05, 0) is 37.0 Å². The van der Waals surface area contributed by atoms with E-state index < -0.39 is 12.7 Å². The fraction of sp³-hybridized carbons (Fsp3) is 0.600. The van der Waals surface area contributed by atoms with Gasteiger partial charge in [0.05, 0.1) is 6.54 Å². The van der Waals surface area contributed by atoms with E-state index in [1.165, 1.54) is 4.90 Å². The average Bonchev–Trinajstić information content (AvgIpc) is 2.42. The number of nitrogens with one attached hydrogen (secondary N) is 1. The summed E-state index contributed by atoms with van der Waals surface area (Å²) in [5.41, 5.74) is 2.05. The molecule has 1 saturated heterocycles. The van der Waals surface area contributed by atoms with Crippen LogP contribution in [0, 0.1) is 0 Å². The highest BCUT2D eigenvalue weighted by molar-refractivity contribution is 5.45. The zero-order chi connectivity index (χ0) is 15.3. The Labute approximate surface area is 122 Å². The maximum atomic E-state index is 12.3. The Morgan fingerprint density at radius 1 is 1.14 bits per heavy atom. The normalized spacial score (nSPS) is 17.9. The van der Waals surface area contributed by atoms with Crippen LogP contribution in [0.5, 0.6) is 0 Å². The smallest absolute Gasteiger partial charge is 0.396 e. The molecule has 3 nitrogen and oxygen atoms in total. The van der Waals surface area contributed by atoms with Gasteiger partial charge < -0.3 is 10.4 Å². The number of rotatable bonds is 5. The van der Waals surface area contributed by atoms with Crippen LogP contribution in [0.1, 0.15) is 18.4 Å². The number of likely N-dealkylation sites (tertiary alicyclic amines) is 1. The van der Waals surface area contributed by atoms with Crippen molar-refractivity contribution in [1.82, 2.24) is 4.90 Å². The summed E-state index contributed by atoms with van der Waals surface area (Å²) in [5, 5.41) is 12.2.